The van der Waals surface area contributed by atoms with E-state index in [0.717, 1.165) is 5.69 Å². The van der Waals surface area contributed by atoms with Gasteiger partial charge in [-0.3, -0.25) is 14.2 Å². The lowest BCUT2D eigenvalue weighted by atomic mass is 10.2. The number of nitrogens with one attached hydrogen (secondary N) is 2. The van der Waals surface area contributed by atoms with Crippen molar-refractivity contribution in [1.29, 1.82) is 0 Å². The third-order valence-corrected chi connectivity index (χ3v) is 3.52. The Kier molecular flexibility index (Phi) is 4.74. The standard InChI is InChI=1S/C14H22N6O/c1-10-8-13(19(4)18-10)17-14(21)9-15-11(2)12(3)20-7-5-6-16-20/h5-8,11-12,15H,9H2,1-4H3,(H,17,21)/t11-,12-/m0/s1. The molecule has 0 radical (unpaired) electrons. The van der Waals surface area contributed by atoms with Crippen LogP contribution in [0.4, 0.5) is 5.82 Å². The molecule has 0 saturated heterocycles. The summed E-state index contributed by atoms with van der Waals surface area (Å²) < 4.78 is 3.53. The van der Waals surface area contributed by atoms with Crippen molar-refractivity contribution in [2.45, 2.75) is 32.9 Å². The second kappa shape index (κ2) is 6.53. The average molecular weight is 290 g/mol. The first-order valence-electron chi connectivity index (χ1n) is 7.00. The fourth-order valence-corrected chi connectivity index (χ4v) is 2.09. The Morgan fingerprint density at radius 2 is 2.19 bits per heavy atom. The van der Waals surface area contributed by atoms with Gasteiger partial charge in [0.1, 0.15) is 5.82 Å². The second-order valence-electron chi connectivity index (χ2n) is 5.24. The molecule has 2 atom stereocenters. The van der Waals surface area contributed by atoms with Crippen molar-refractivity contribution >= 4 is 11.7 Å². The number of aryl methyl sites for hydroxylation is 2. The van der Waals surface area contributed by atoms with E-state index in [1.807, 2.05) is 36.9 Å². The number of carbonyl (C=O) groups is 1. The molecule has 2 aromatic heterocycles. The van der Waals surface area contributed by atoms with Crippen LogP contribution in [0.1, 0.15) is 25.6 Å². The van der Waals surface area contributed by atoms with Crippen LogP contribution in [0.25, 0.3) is 0 Å². The highest BCUT2D eigenvalue weighted by Gasteiger charge is 2.15. The number of nitrogens with zero attached hydrogens (tertiary/aromatic N) is 4. The number of carbonyl (C=O) groups excluding carboxylic acids is 1. The maximum Gasteiger partial charge on any atom is 0.239 e. The largest absolute Gasteiger partial charge is 0.310 e. The first-order chi connectivity index (χ1) is 9.97. The molecule has 0 saturated carbocycles. The molecule has 0 aliphatic heterocycles. The normalized spacial score (nSPS) is 13.9. The lowest BCUT2D eigenvalue weighted by Gasteiger charge is -2.21. The minimum atomic E-state index is -0.0856. The minimum absolute atomic E-state index is 0.0856. The molecule has 0 unspecified atom stereocenters. The van der Waals surface area contributed by atoms with Crippen LogP contribution in [-0.4, -0.2) is 38.1 Å². The van der Waals surface area contributed by atoms with E-state index in [9.17, 15) is 4.79 Å². The van der Waals surface area contributed by atoms with Crippen LogP contribution in [0.3, 0.4) is 0 Å². The topological polar surface area (TPSA) is 76.8 Å². The summed E-state index contributed by atoms with van der Waals surface area (Å²) in [5, 5.41) is 14.5. The lowest BCUT2D eigenvalue weighted by molar-refractivity contribution is -0.115. The molecule has 0 spiro atoms. The molecule has 2 aromatic rings. The van der Waals surface area contributed by atoms with Crippen molar-refractivity contribution < 1.29 is 4.79 Å². The highest BCUT2D eigenvalue weighted by molar-refractivity contribution is 5.91. The fourth-order valence-electron chi connectivity index (χ4n) is 2.09. The first kappa shape index (κ1) is 15.2. The molecule has 7 nitrogen and oxygen atoms in total. The maximum atomic E-state index is 12.0. The van der Waals surface area contributed by atoms with E-state index in [1.165, 1.54) is 0 Å². The predicted molar refractivity (Wildman–Crippen MR) is 81.0 cm³/mol. The van der Waals surface area contributed by atoms with Gasteiger partial charge in [0, 0.05) is 31.5 Å². The average Bonchev–Trinajstić information content (AvgIpc) is 3.06. The van der Waals surface area contributed by atoms with Crippen LogP contribution in [0.5, 0.6) is 0 Å². The Morgan fingerprint density at radius 1 is 1.43 bits per heavy atom. The number of hydrogen-bond donors (Lipinski definition) is 2. The Morgan fingerprint density at radius 3 is 2.76 bits per heavy atom. The number of rotatable bonds is 6. The summed E-state index contributed by atoms with van der Waals surface area (Å²) in [7, 11) is 1.80. The smallest absolute Gasteiger partial charge is 0.239 e. The van der Waals surface area contributed by atoms with E-state index in [0.29, 0.717) is 5.82 Å². The molecule has 0 aromatic carbocycles. The van der Waals surface area contributed by atoms with Crippen LogP contribution in [-0.2, 0) is 11.8 Å². The highest BCUT2D eigenvalue weighted by Crippen LogP contribution is 2.09. The summed E-state index contributed by atoms with van der Waals surface area (Å²) in [5.41, 5.74) is 0.876. The maximum absolute atomic E-state index is 12.0. The van der Waals surface area contributed by atoms with Crippen LogP contribution < -0.4 is 10.6 Å². The van der Waals surface area contributed by atoms with Gasteiger partial charge in [-0.1, -0.05) is 0 Å². The molecule has 2 rings (SSSR count). The second-order valence-corrected chi connectivity index (χ2v) is 5.24. The summed E-state index contributed by atoms with van der Waals surface area (Å²) in [6, 6.07) is 4.03. The third kappa shape index (κ3) is 3.91. The summed E-state index contributed by atoms with van der Waals surface area (Å²) in [6.07, 6.45) is 3.67. The monoisotopic (exact) mass is 290 g/mol. The predicted octanol–water partition coefficient (Wildman–Crippen LogP) is 1.10. The van der Waals surface area contributed by atoms with Gasteiger partial charge < -0.3 is 10.6 Å². The summed E-state index contributed by atoms with van der Waals surface area (Å²) >= 11 is 0. The molecule has 0 fully saturated rings. The molecule has 2 N–H and O–H groups in total. The van der Waals surface area contributed by atoms with Crippen molar-refractivity contribution in [1.82, 2.24) is 24.9 Å². The van der Waals surface area contributed by atoms with Gasteiger partial charge in [0.15, 0.2) is 0 Å². The Labute approximate surface area is 124 Å². The number of amides is 1. The lowest BCUT2D eigenvalue weighted by Crippen LogP contribution is -2.39. The molecule has 0 aliphatic carbocycles. The number of hydrogen-bond acceptors (Lipinski definition) is 4. The van der Waals surface area contributed by atoms with Crippen molar-refractivity contribution in [2.75, 3.05) is 11.9 Å². The van der Waals surface area contributed by atoms with Crippen molar-refractivity contribution in [3.63, 3.8) is 0 Å². The molecular weight excluding hydrogens is 268 g/mol. The molecule has 21 heavy (non-hydrogen) atoms. The summed E-state index contributed by atoms with van der Waals surface area (Å²) in [4.78, 5) is 12.0. The van der Waals surface area contributed by atoms with Crippen molar-refractivity contribution in [2.24, 2.45) is 7.05 Å². The van der Waals surface area contributed by atoms with Gasteiger partial charge in [0.2, 0.25) is 5.91 Å². The summed E-state index contributed by atoms with van der Waals surface area (Å²) in [6.45, 7) is 6.24. The number of aromatic nitrogens is 4. The molecule has 2 heterocycles. The zero-order valence-corrected chi connectivity index (χ0v) is 12.9. The SMILES string of the molecule is Cc1cc(NC(=O)CN[C@@H](C)[C@H](C)n2cccn2)n(C)n1. The van der Waals surface area contributed by atoms with Gasteiger partial charge in [0.25, 0.3) is 0 Å². The van der Waals surface area contributed by atoms with Crippen LogP contribution >= 0.6 is 0 Å². The fraction of sp³-hybridized carbons (Fsp3) is 0.500. The van der Waals surface area contributed by atoms with Gasteiger partial charge >= 0.3 is 0 Å². The zero-order valence-electron chi connectivity index (χ0n) is 12.9. The molecule has 0 bridgehead atoms. The van der Waals surface area contributed by atoms with E-state index >= 15 is 0 Å². The summed E-state index contributed by atoms with van der Waals surface area (Å²) in [5.74, 6) is 0.615. The van der Waals surface area contributed by atoms with Gasteiger partial charge in [-0.15, -0.1) is 0 Å². The highest BCUT2D eigenvalue weighted by atomic mass is 16.2. The first-order valence-corrected chi connectivity index (χ1v) is 7.00. The Bertz CT molecular complexity index is 589. The van der Waals surface area contributed by atoms with Crippen molar-refractivity contribution in [3.05, 3.63) is 30.2 Å². The van der Waals surface area contributed by atoms with Crippen LogP contribution in [0.2, 0.25) is 0 Å². The minimum Gasteiger partial charge on any atom is -0.310 e. The van der Waals surface area contributed by atoms with Crippen molar-refractivity contribution in [3.8, 4) is 0 Å². The van der Waals surface area contributed by atoms with E-state index < -0.39 is 0 Å². The van der Waals surface area contributed by atoms with Crippen LogP contribution in [0.15, 0.2) is 24.5 Å². The molecule has 7 heteroatoms. The van der Waals surface area contributed by atoms with Gasteiger partial charge in [0.05, 0.1) is 18.3 Å². The molecule has 114 valence electrons. The molecule has 0 aliphatic rings. The van der Waals surface area contributed by atoms with E-state index in [2.05, 4.69) is 27.8 Å². The molecule has 1 amide bonds. The quantitative estimate of drug-likeness (QED) is 0.835. The zero-order chi connectivity index (χ0) is 15.4. The number of anilines is 1. The Balaban J connectivity index is 1.82. The van der Waals surface area contributed by atoms with Gasteiger partial charge in [-0.2, -0.15) is 10.2 Å². The van der Waals surface area contributed by atoms with Gasteiger partial charge in [-0.05, 0) is 26.8 Å². The third-order valence-electron chi connectivity index (χ3n) is 3.52. The van der Waals surface area contributed by atoms with E-state index in [1.54, 1.807) is 17.9 Å². The van der Waals surface area contributed by atoms with Crippen LogP contribution in [0, 0.1) is 6.92 Å². The molecular formula is C14H22N6O. The van der Waals surface area contributed by atoms with E-state index in [-0.39, 0.29) is 24.5 Å². The van der Waals surface area contributed by atoms with E-state index in [4.69, 9.17) is 0 Å². The van der Waals surface area contributed by atoms with Gasteiger partial charge in [-0.25, -0.2) is 0 Å². The Hall–Kier alpha value is -2.15.